The number of hydrogen-bond acceptors (Lipinski definition) is 3. The van der Waals surface area contributed by atoms with Crippen LogP contribution in [0.5, 0.6) is 0 Å². The van der Waals surface area contributed by atoms with Gasteiger partial charge in [-0.2, -0.15) is 0 Å². The maximum absolute atomic E-state index is 9.82. The van der Waals surface area contributed by atoms with Gasteiger partial charge in [0.05, 0.1) is 6.61 Å². The Morgan fingerprint density at radius 1 is 1.04 bits per heavy atom. The van der Waals surface area contributed by atoms with Crippen LogP contribution in [-0.2, 0) is 4.74 Å². The largest absolute Gasteiger partial charge is 0.396 e. The molecule has 0 amide bonds. The first kappa shape index (κ1) is 17.2. The molecule has 2 aromatic carbocycles. The molecular weight excluding hydrogens is 298 g/mol. The van der Waals surface area contributed by atoms with Gasteiger partial charge >= 0.3 is 0 Å². The summed E-state index contributed by atoms with van der Waals surface area (Å²) in [6.45, 7) is 4.73. The summed E-state index contributed by atoms with van der Waals surface area (Å²) in [5, 5.41) is 13.4. The van der Waals surface area contributed by atoms with E-state index in [1.807, 2.05) is 6.07 Å². The number of rotatable bonds is 6. The summed E-state index contributed by atoms with van der Waals surface area (Å²) < 4.78 is 5.44. The fourth-order valence-electron chi connectivity index (χ4n) is 3.30. The van der Waals surface area contributed by atoms with Crippen molar-refractivity contribution < 1.29 is 9.84 Å². The zero-order chi connectivity index (χ0) is 16.8. The van der Waals surface area contributed by atoms with E-state index in [-0.39, 0.29) is 18.1 Å². The Morgan fingerprint density at radius 3 is 2.46 bits per heavy atom. The van der Waals surface area contributed by atoms with Gasteiger partial charge in [-0.05, 0) is 42.5 Å². The fourth-order valence-corrected chi connectivity index (χ4v) is 3.30. The quantitative estimate of drug-likeness (QED) is 0.849. The summed E-state index contributed by atoms with van der Waals surface area (Å²) in [7, 11) is 0. The summed E-state index contributed by atoms with van der Waals surface area (Å²) >= 11 is 0. The van der Waals surface area contributed by atoms with E-state index in [0.29, 0.717) is 0 Å². The van der Waals surface area contributed by atoms with Crippen molar-refractivity contribution in [2.45, 2.75) is 25.8 Å². The van der Waals surface area contributed by atoms with E-state index in [1.54, 1.807) is 0 Å². The SMILES string of the molecule is CC(NCC1(CO)CCOCC1)c1cccc(-c2ccccc2)c1. The summed E-state index contributed by atoms with van der Waals surface area (Å²) in [5.74, 6) is 0. The van der Waals surface area contributed by atoms with E-state index in [1.165, 1.54) is 16.7 Å². The van der Waals surface area contributed by atoms with Gasteiger partial charge in [-0.25, -0.2) is 0 Å². The molecule has 2 N–H and O–H groups in total. The van der Waals surface area contributed by atoms with Crippen molar-refractivity contribution in [2.24, 2.45) is 5.41 Å². The Morgan fingerprint density at radius 2 is 1.75 bits per heavy atom. The Kier molecular flexibility index (Phi) is 5.67. The van der Waals surface area contributed by atoms with Gasteiger partial charge < -0.3 is 15.2 Å². The number of hydrogen-bond donors (Lipinski definition) is 2. The zero-order valence-electron chi connectivity index (χ0n) is 14.4. The number of ether oxygens (including phenoxy) is 1. The zero-order valence-corrected chi connectivity index (χ0v) is 14.4. The maximum atomic E-state index is 9.82. The van der Waals surface area contributed by atoms with E-state index < -0.39 is 0 Å². The lowest BCUT2D eigenvalue weighted by atomic mass is 9.80. The highest BCUT2D eigenvalue weighted by Crippen LogP contribution is 2.30. The summed E-state index contributed by atoms with van der Waals surface area (Å²) in [6, 6.07) is 19.4. The van der Waals surface area contributed by atoms with Crippen molar-refractivity contribution in [3.05, 3.63) is 60.2 Å². The molecule has 1 unspecified atom stereocenters. The first-order valence-electron chi connectivity index (χ1n) is 8.80. The topological polar surface area (TPSA) is 41.5 Å². The van der Waals surface area contributed by atoms with Gasteiger partial charge in [-0.3, -0.25) is 0 Å². The van der Waals surface area contributed by atoms with Crippen LogP contribution in [0.3, 0.4) is 0 Å². The lowest BCUT2D eigenvalue weighted by molar-refractivity contribution is -0.0163. The molecule has 1 saturated heterocycles. The minimum absolute atomic E-state index is 0.0381. The predicted octanol–water partition coefficient (Wildman–Crippen LogP) is 3.79. The molecule has 0 spiro atoms. The molecule has 1 aliphatic heterocycles. The van der Waals surface area contributed by atoms with E-state index in [2.05, 4.69) is 60.8 Å². The highest BCUT2D eigenvalue weighted by Gasteiger charge is 2.32. The van der Waals surface area contributed by atoms with Crippen molar-refractivity contribution in [3.8, 4) is 11.1 Å². The van der Waals surface area contributed by atoms with Crippen molar-refractivity contribution in [1.82, 2.24) is 5.32 Å². The molecule has 1 fully saturated rings. The van der Waals surface area contributed by atoms with Gasteiger partial charge in [0.25, 0.3) is 0 Å². The van der Waals surface area contributed by atoms with Crippen LogP contribution in [0, 0.1) is 5.41 Å². The first-order chi connectivity index (χ1) is 11.7. The molecule has 128 valence electrons. The third-order valence-corrected chi connectivity index (χ3v) is 5.17. The molecule has 0 saturated carbocycles. The second kappa shape index (κ2) is 7.93. The first-order valence-corrected chi connectivity index (χ1v) is 8.80. The van der Waals surface area contributed by atoms with E-state index in [4.69, 9.17) is 4.74 Å². The molecule has 0 aromatic heterocycles. The number of aliphatic hydroxyl groups excluding tert-OH is 1. The minimum Gasteiger partial charge on any atom is -0.396 e. The van der Waals surface area contributed by atoms with Crippen molar-refractivity contribution in [3.63, 3.8) is 0 Å². The molecule has 24 heavy (non-hydrogen) atoms. The van der Waals surface area contributed by atoms with Crippen molar-refractivity contribution >= 4 is 0 Å². The van der Waals surface area contributed by atoms with Crippen LogP contribution in [-0.4, -0.2) is 31.5 Å². The average Bonchev–Trinajstić information content (AvgIpc) is 2.67. The number of nitrogens with one attached hydrogen (secondary N) is 1. The predicted molar refractivity (Wildman–Crippen MR) is 97.9 cm³/mol. The van der Waals surface area contributed by atoms with Gasteiger partial charge in [-0.15, -0.1) is 0 Å². The smallest absolute Gasteiger partial charge is 0.0501 e. The van der Waals surface area contributed by atoms with Gasteiger partial charge in [0, 0.05) is 31.2 Å². The van der Waals surface area contributed by atoms with Gasteiger partial charge in [-0.1, -0.05) is 48.5 Å². The van der Waals surface area contributed by atoms with Gasteiger partial charge in [0.1, 0.15) is 0 Å². The van der Waals surface area contributed by atoms with Crippen LogP contribution in [0.15, 0.2) is 54.6 Å². The summed E-state index contributed by atoms with van der Waals surface area (Å²) in [6.07, 6.45) is 1.85. The molecule has 3 rings (SSSR count). The number of benzene rings is 2. The molecule has 0 radical (unpaired) electrons. The van der Waals surface area contributed by atoms with Crippen LogP contribution in [0.1, 0.15) is 31.4 Å². The lowest BCUT2D eigenvalue weighted by Gasteiger charge is -2.36. The molecule has 0 aliphatic carbocycles. The molecule has 0 bridgehead atoms. The second-order valence-corrected chi connectivity index (χ2v) is 6.86. The summed E-state index contributed by atoms with van der Waals surface area (Å²) in [4.78, 5) is 0. The Labute approximate surface area is 144 Å². The van der Waals surface area contributed by atoms with Crippen molar-refractivity contribution in [2.75, 3.05) is 26.4 Å². The van der Waals surface area contributed by atoms with Crippen LogP contribution in [0.4, 0.5) is 0 Å². The Balaban J connectivity index is 1.68. The molecular formula is C21H27NO2. The molecule has 1 atom stereocenters. The summed E-state index contributed by atoms with van der Waals surface area (Å²) in [5.41, 5.74) is 3.72. The Hall–Kier alpha value is -1.68. The molecule has 1 aliphatic rings. The van der Waals surface area contributed by atoms with Crippen LogP contribution < -0.4 is 5.32 Å². The third kappa shape index (κ3) is 4.04. The highest BCUT2D eigenvalue weighted by atomic mass is 16.5. The van der Waals surface area contributed by atoms with E-state index >= 15 is 0 Å². The standard InChI is InChI=1S/C21H27NO2/c1-17(22-15-21(16-23)10-12-24-13-11-21)19-8-5-9-20(14-19)18-6-3-2-4-7-18/h2-9,14,17,22-23H,10-13,15-16H2,1H3. The minimum atomic E-state index is -0.0381. The van der Waals surface area contributed by atoms with E-state index in [9.17, 15) is 5.11 Å². The van der Waals surface area contributed by atoms with Crippen LogP contribution in [0.2, 0.25) is 0 Å². The van der Waals surface area contributed by atoms with Crippen molar-refractivity contribution in [1.29, 1.82) is 0 Å². The second-order valence-electron chi connectivity index (χ2n) is 6.86. The lowest BCUT2D eigenvalue weighted by Crippen LogP contribution is -2.42. The molecule has 2 aromatic rings. The molecule has 3 nitrogen and oxygen atoms in total. The van der Waals surface area contributed by atoms with E-state index in [0.717, 1.165) is 32.6 Å². The van der Waals surface area contributed by atoms with Crippen LogP contribution in [0.25, 0.3) is 11.1 Å². The average molecular weight is 325 g/mol. The normalized spacial score (nSPS) is 18.2. The fraction of sp³-hybridized carbons (Fsp3) is 0.429. The molecule has 3 heteroatoms. The third-order valence-electron chi connectivity index (χ3n) is 5.17. The van der Waals surface area contributed by atoms with Crippen LogP contribution >= 0.6 is 0 Å². The van der Waals surface area contributed by atoms with Gasteiger partial charge in [0.15, 0.2) is 0 Å². The maximum Gasteiger partial charge on any atom is 0.0501 e. The molecule has 1 heterocycles. The number of aliphatic hydroxyl groups is 1. The monoisotopic (exact) mass is 325 g/mol. The Bertz CT molecular complexity index is 635. The highest BCUT2D eigenvalue weighted by molar-refractivity contribution is 5.64. The van der Waals surface area contributed by atoms with Gasteiger partial charge in [0.2, 0.25) is 0 Å².